The van der Waals surface area contributed by atoms with Gasteiger partial charge in [0.15, 0.2) is 0 Å². The highest BCUT2D eigenvalue weighted by Gasteiger charge is 2.53. The first-order chi connectivity index (χ1) is 9.80. The first kappa shape index (κ1) is 14.7. The van der Waals surface area contributed by atoms with Gasteiger partial charge in [0.25, 0.3) is 0 Å². The van der Waals surface area contributed by atoms with E-state index >= 15 is 0 Å². The van der Waals surface area contributed by atoms with Crippen LogP contribution >= 0.6 is 11.6 Å². The molecule has 1 aliphatic heterocycles. The Morgan fingerprint density at radius 3 is 2.14 bits per heavy atom. The van der Waals surface area contributed by atoms with Crippen LogP contribution in [-0.2, 0) is 9.31 Å². The summed E-state index contributed by atoms with van der Waals surface area (Å²) in [5.41, 5.74) is 0.759. The van der Waals surface area contributed by atoms with Crippen molar-refractivity contribution in [1.29, 1.82) is 0 Å². The minimum absolute atomic E-state index is 0.380. The minimum Gasteiger partial charge on any atom is -0.465 e. The van der Waals surface area contributed by atoms with Crippen LogP contribution in [0.25, 0.3) is 11.3 Å². The predicted octanol–water partition coefficient (Wildman–Crippen LogP) is 3.90. The lowest BCUT2D eigenvalue weighted by Gasteiger charge is -2.32. The van der Waals surface area contributed by atoms with Gasteiger partial charge < -0.3 is 13.7 Å². The van der Waals surface area contributed by atoms with E-state index in [2.05, 4.69) is 0 Å². The van der Waals surface area contributed by atoms with E-state index in [9.17, 15) is 0 Å². The molecule has 3 nitrogen and oxygen atoms in total. The summed E-state index contributed by atoms with van der Waals surface area (Å²) >= 11 is 6.20. The third-order valence-electron chi connectivity index (χ3n) is 4.25. The van der Waals surface area contributed by atoms with Crippen molar-refractivity contribution in [2.45, 2.75) is 38.9 Å². The van der Waals surface area contributed by atoms with E-state index < -0.39 is 7.12 Å². The van der Waals surface area contributed by atoms with Crippen molar-refractivity contribution in [2.24, 2.45) is 0 Å². The van der Waals surface area contributed by atoms with Gasteiger partial charge in [0.1, 0.15) is 11.4 Å². The molecule has 0 saturated carbocycles. The molecule has 0 spiro atoms. The van der Waals surface area contributed by atoms with Crippen LogP contribution < -0.4 is 5.66 Å². The molecule has 1 fully saturated rings. The molecule has 110 valence electrons. The monoisotopic (exact) mass is 304 g/mol. The van der Waals surface area contributed by atoms with Gasteiger partial charge in [-0.25, -0.2) is 0 Å². The van der Waals surface area contributed by atoms with Gasteiger partial charge in [0.2, 0.25) is 0 Å². The molecule has 0 N–H and O–H groups in total. The van der Waals surface area contributed by atoms with Crippen LogP contribution in [0.3, 0.4) is 0 Å². The van der Waals surface area contributed by atoms with Gasteiger partial charge in [-0.3, -0.25) is 0 Å². The smallest absolute Gasteiger partial charge is 0.465 e. The molecule has 2 aromatic rings. The number of halogens is 1. The summed E-state index contributed by atoms with van der Waals surface area (Å²) in [5, 5.41) is 0.660. The van der Waals surface area contributed by atoms with Crippen molar-refractivity contribution in [3.05, 3.63) is 41.4 Å². The zero-order chi connectivity index (χ0) is 15.3. The van der Waals surface area contributed by atoms with Gasteiger partial charge in [-0.1, -0.05) is 23.7 Å². The van der Waals surface area contributed by atoms with E-state index in [1.165, 1.54) is 0 Å². The van der Waals surface area contributed by atoms with E-state index in [0.717, 1.165) is 5.56 Å². The molecule has 0 amide bonds. The highest BCUT2D eigenvalue weighted by molar-refractivity contribution is 6.60. The molecule has 2 heterocycles. The van der Waals surface area contributed by atoms with Crippen LogP contribution in [-0.4, -0.2) is 18.3 Å². The first-order valence-corrected chi connectivity index (χ1v) is 7.38. The van der Waals surface area contributed by atoms with Crippen LogP contribution in [0.4, 0.5) is 0 Å². The van der Waals surface area contributed by atoms with E-state index in [0.29, 0.717) is 16.4 Å². The van der Waals surface area contributed by atoms with Crippen molar-refractivity contribution in [3.63, 3.8) is 0 Å². The standard InChI is InChI=1S/C16H18BClO3/c1-15(2)16(3,4)21-17(20-15)14-10-9-13(19-14)11-7-5-6-8-12(11)18/h5-10H,1-4H3. The second kappa shape index (κ2) is 4.91. The molecule has 0 unspecified atom stereocenters. The third-order valence-corrected chi connectivity index (χ3v) is 4.58. The zero-order valence-electron chi connectivity index (χ0n) is 12.6. The quantitative estimate of drug-likeness (QED) is 0.789. The topological polar surface area (TPSA) is 31.6 Å². The molecule has 5 heteroatoms. The van der Waals surface area contributed by atoms with Crippen molar-refractivity contribution in [3.8, 4) is 11.3 Å². The lowest BCUT2D eigenvalue weighted by Crippen LogP contribution is -2.41. The molecule has 3 rings (SSSR count). The second-order valence-corrected chi connectivity index (χ2v) is 6.68. The predicted molar refractivity (Wildman–Crippen MR) is 84.9 cm³/mol. The molecule has 1 saturated heterocycles. The first-order valence-electron chi connectivity index (χ1n) is 7.00. The number of furan rings is 1. The minimum atomic E-state index is -0.494. The van der Waals surface area contributed by atoms with E-state index in [-0.39, 0.29) is 11.2 Å². The van der Waals surface area contributed by atoms with Gasteiger partial charge in [0, 0.05) is 5.56 Å². The maximum absolute atomic E-state index is 6.20. The normalized spacial score (nSPS) is 20.0. The fourth-order valence-electron chi connectivity index (χ4n) is 2.24. The second-order valence-electron chi connectivity index (χ2n) is 6.27. The van der Waals surface area contributed by atoms with E-state index in [1.807, 2.05) is 64.1 Å². The zero-order valence-corrected chi connectivity index (χ0v) is 13.4. The summed E-state index contributed by atoms with van der Waals surface area (Å²) in [5.74, 6) is 0.713. The largest absolute Gasteiger partial charge is 0.532 e. The Labute approximate surface area is 130 Å². The van der Waals surface area contributed by atoms with Gasteiger partial charge in [-0.2, -0.15) is 0 Å². The number of benzene rings is 1. The van der Waals surface area contributed by atoms with E-state index in [4.69, 9.17) is 25.3 Å². The molecule has 0 bridgehead atoms. The lowest BCUT2D eigenvalue weighted by atomic mass is 9.86. The van der Waals surface area contributed by atoms with Crippen molar-refractivity contribution in [1.82, 2.24) is 0 Å². The molecule has 1 aliphatic rings. The summed E-state index contributed by atoms with van der Waals surface area (Å²) in [4.78, 5) is 0. The molecule has 0 radical (unpaired) electrons. The Hall–Kier alpha value is -1.23. The Morgan fingerprint density at radius 1 is 0.905 bits per heavy atom. The van der Waals surface area contributed by atoms with Crippen LogP contribution in [0.5, 0.6) is 0 Å². The van der Waals surface area contributed by atoms with Crippen molar-refractivity contribution >= 4 is 24.4 Å². The Morgan fingerprint density at radius 2 is 1.52 bits per heavy atom. The Balaban J connectivity index is 1.89. The molecule has 0 aliphatic carbocycles. The van der Waals surface area contributed by atoms with E-state index in [1.54, 1.807) is 0 Å². The van der Waals surface area contributed by atoms with Crippen molar-refractivity contribution < 1.29 is 13.7 Å². The lowest BCUT2D eigenvalue weighted by molar-refractivity contribution is 0.00578. The van der Waals surface area contributed by atoms with Crippen LogP contribution in [0.2, 0.25) is 5.02 Å². The van der Waals surface area contributed by atoms with Gasteiger partial charge in [0.05, 0.1) is 16.2 Å². The third kappa shape index (κ3) is 2.52. The summed E-state index contributed by atoms with van der Waals surface area (Å²) in [6.07, 6.45) is 0. The molecular formula is C16H18BClO3. The Bertz CT molecular complexity index is 647. The molecule has 1 aromatic heterocycles. The summed E-state index contributed by atoms with van der Waals surface area (Å²) < 4.78 is 17.8. The highest BCUT2D eigenvalue weighted by Crippen LogP contribution is 2.37. The average molecular weight is 305 g/mol. The van der Waals surface area contributed by atoms with Crippen LogP contribution in [0.1, 0.15) is 27.7 Å². The fraction of sp³-hybridized carbons (Fsp3) is 0.375. The fourth-order valence-corrected chi connectivity index (χ4v) is 2.47. The Kier molecular flexibility index (Phi) is 3.43. The van der Waals surface area contributed by atoms with Crippen LogP contribution in [0.15, 0.2) is 40.8 Å². The van der Waals surface area contributed by atoms with Gasteiger partial charge >= 0.3 is 7.12 Å². The maximum atomic E-state index is 6.20. The molecule has 21 heavy (non-hydrogen) atoms. The number of hydrogen-bond acceptors (Lipinski definition) is 3. The van der Waals surface area contributed by atoms with Gasteiger partial charge in [-0.15, -0.1) is 0 Å². The average Bonchev–Trinajstić information content (AvgIpc) is 2.94. The SMILES string of the molecule is CC1(C)OB(c2ccc(-c3ccccc3Cl)o2)OC1(C)C. The highest BCUT2D eigenvalue weighted by atomic mass is 35.5. The number of rotatable bonds is 2. The molecular weight excluding hydrogens is 286 g/mol. The summed E-state index contributed by atoms with van der Waals surface area (Å²) in [6, 6.07) is 11.4. The maximum Gasteiger partial charge on any atom is 0.532 e. The summed E-state index contributed by atoms with van der Waals surface area (Å²) in [6.45, 7) is 8.08. The van der Waals surface area contributed by atoms with Crippen molar-refractivity contribution in [2.75, 3.05) is 0 Å². The molecule has 1 aromatic carbocycles. The van der Waals surface area contributed by atoms with Crippen LogP contribution in [0, 0.1) is 0 Å². The number of hydrogen-bond donors (Lipinski definition) is 0. The molecule has 0 atom stereocenters. The van der Waals surface area contributed by atoms with Gasteiger partial charge in [-0.05, 0) is 52.0 Å². The summed E-state index contributed by atoms with van der Waals surface area (Å²) in [7, 11) is -0.494.